The third-order valence-corrected chi connectivity index (χ3v) is 3.42. The lowest BCUT2D eigenvalue weighted by Gasteiger charge is -2.10. The summed E-state index contributed by atoms with van der Waals surface area (Å²) >= 11 is 0. The molecule has 0 saturated heterocycles. The van der Waals surface area contributed by atoms with E-state index in [1.807, 2.05) is 0 Å². The number of rotatable bonds is 5. The maximum Gasteiger partial charge on any atom is 0.306 e. The Balaban J connectivity index is 1.71. The molecule has 3 N–H and O–H groups in total. The minimum absolute atomic E-state index is 0.0257. The lowest BCUT2D eigenvalue weighted by Crippen LogP contribution is -2.31. The highest BCUT2D eigenvalue weighted by Gasteiger charge is 2.33. The summed E-state index contributed by atoms with van der Waals surface area (Å²) in [4.78, 5) is 22.6. The van der Waals surface area contributed by atoms with Gasteiger partial charge in [0.05, 0.1) is 12.1 Å². The van der Waals surface area contributed by atoms with E-state index in [1.54, 1.807) is 12.4 Å². The zero-order chi connectivity index (χ0) is 13.0. The van der Waals surface area contributed by atoms with Crippen LogP contribution < -0.4 is 5.32 Å². The monoisotopic (exact) mass is 251 g/mol. The number of carboxylic acids is 1. The second-order valence-corrected chi connectivity index (χ2v) is 4.69. The molecule has 1 heterocycles. The van der Waals surface area contributed by atoms with Gasteiger partial charge in [0.2, 0.25) is 5.91 Å². The van der Waals surface area contributed by atoms with Crippen LogP contribution in [-0.4, -0.2) is 33.7 Å². The Morgan fingerprint density at radius 3 is 2.83 bits per heavy atom. The topological polar surface area (TPSA) is 95.1 Å². The van der Waals surface area contributed by atoms with Crippen molar-refractivity contribution >= 4 is 11.9 Å². The molecule has 6 heteroatoms. The van der Waals surface area contributed by atoms with Crippen molar-refractivity contribution in [2.45, 2.75) is 25.7 Å². The SMILES string of the molecule is O=C(O)[C@@H]1CC[C@H](C(=O)NCCc2cn[nH]c2)C1. The molecule has 1 fully saturated rings. The van der Waals surface area contributed by atoms with Crippen molar-refractivity contribution in [2.75, 3.05) is 6.54 Å². The number of carbonyl (C=O) groups is 2. The average molecular weight is 251 g/mol. The molecule has 1 aromatic rings. The maximum atomic E-state index is 11.8. The van der Waals surface area contributed by atoms with Gasteiger partial charge in [-0.25, -0.2) is 0 Å². The van der Waals surface area contributed by atoms with E-state index in [0.29, 0.717) is 25.8 Å². The standard InChI is InChI=1S/C12H17N3O3/c16-11(9-1-2-10(5-9)12(17)18)13-4-3-8-6-14-15-7-8/h6-7,9-10H,1-5H2,(H,13,16)(H,14,15)(H,17,18)/t9-,10+/m0/s1. The molecule has 1 aliphatic carbocycles. The van der Waals surface area contributed by atoms with Crippen LogP contribution >= 0.6 is 0 Å². The predicted octanol–water partition coefficient (Wildman–Crippen LogP) is 0.569. The van der Waals surface area contributed by atoms with Gasteiger partial charge in [-0.15, -0.1) is 0 Å². The molecule has 98 valence electrons. The molecular weight excluding hydrogens is 234 g/mol. The van der Waals surface area contributed by atoms with Gasteiger partial charge in [-0.1, -0.05) is 0 Å². The summed E-state index contributed by atoms with van der Waals surface area (Å²) in [6, 6.07) is 0. The van der Waals surface area contributed by atoms with E-state index in [4.69, 9.17) is 5.11 Å². The van der Waals surface area contributed by atoms with Crippen molar-refractivity contribution in [1.82, 2.24) is 15.5 Å². The molecular formula is C12H17N3O3. The van der Waals surface area contributed by atoms with Gasteiger partial charge in [0, 0.05) is 18.7 Å². The molecule has 0 unspecified atom stereocenters. The fourth-order valence-electron chi connectivity index (χ4n) is 2.33. The van der Waals surface area contributed by atoms with E-state index >= 15 is 0 Å². The van der Waals surface area contributed by atoms with E-state index in [-0.39, 0.29) is 17.7 Å². The minimum atomic E-state index is -0.788. The Morgan fingerprint density at radius 1 is 1.44 bits per heavy atom. The molecule has 0 spiro atoms. The summed E-state index contributed by atoms with van der Waals surface area (Å²) in [6.07, 6.45) is 6.00. The Kier molecular flexibility index (Phi) is 3.96. The number of nitrogens with zero attached hydrogens (tertiary/aromatic N) is 1. The van der Waals surface area contributed by atoms with E-state index in [0.717, 1.165) is 12.0 Å². The van der Waals surface area contributed by atoms with Crippen LogP contribution in [0.1, 0.15) is 24.8 Å². The van der Waals surface area contributed by atoms with E-state index in [2.05, 4.69) is 15.5 Å². The van der Waals surface area contributed by atoms with Crippen LogP contribution in [0, 0.1) is 11.8 Å². The summed E-state index contributed by atoms with van der Waals surface area (Å²) in [6.45, 7) is 0.562. The summed E-state index contributed by atoms with van der Waals surface area (Å²) in [5, 5.41) is 18.3. The zero-order valence-corrected chi connectivity index (χ0v) is 10.1. The first kappa shape index (κ1) is 12.6. The number of nitrogens with one attached hydrogen (secondary N) is 2. The molecule has 0 radical (unpaired) electrons. The van der Waals surface area contributed by atoms with Gasteiger partial charge in [0.1, 0.15) is 0 Å². The van der Waals surface area contributed by atoms with Gasteiger partial charge in [0.25, 0.3) is 0 Å². The summed E-state index contributed by atoms with van der Waals surface area (Å²) in [7, 11) is 0. The van der Waals surface area contributed by atoms with Crippen molar-refractivity contribution < 1.29 is 14.7 Å². The van der Waals surface area contributed by atoms with Gasteiger partial charge in [0.15, 0.2) is 0 Å². The number of hydrogen-bond acceptors (Lipinski definition) is 3. The lowest BCUT2D eigenvalue weighted by atomic mass is 10.0. The van der Waals surface area contributed by atoms with Crippen LogP contribution in [0.5, 0.6) is 0 Å². The minimum Gasteiger partial charge on any atom is -0.481 e. The first-order chi connectivity index (χ1) is 8.66. The molecule has 2 atom stereocenters. The first-order valence-corrected chi connectivity index (χ1v) is 6.15. The summed E-state index contributed by atoms with van der Waals surface area (Å²) < 4.78 is 0. The summed E-state index contributed by atoms with van der Waals surface area (Å²) in [5.74, 6) is -1.31. The van der Waals surface area contributed by atoms with Crippen LogP contribution in [0.15, 0.2) is 12.4 Å². The smallest absolute Gasteiger partial charge is 0.306 e. The van der Waals surface area contributed by atoms with Crippen molar-refractivity contribution in [1.29, 1.82) is 0 Å². The number of aromatic nitrogens is 2. The number of hydrogen-bond donors (Lipinski definition) is 3. The van der Waals surface area contributed by atoms with Gasteiger partial charge in [-0.2, -0.15) is 5.10 Å². The predicted molar refractivity (Wildman–Crippen MR) is 63.8 cm³/mol. The van der Waals surface area contributed by atoms with Crippen LogP contribution in [0.25, 0.3) is 0 Å². The number of carbonyl (C=O) groups excluding carboxylic acids is 1. The van der Waals surface area contributed by atoms with Crippen LogP contribution in [-0.2, 0) is 16.0 Å². The number of aromatic amines is 1. The average Bonchev–Trinajstić information content (AvgIpc) is 2.99. The lowest BCUT2D eigenvalue weighted by molar-refractivity contribution is -0.141. The van der Waals surface area contributed by atoms with Crippen LogP contribution in [0.3, 0.4) is 0 Å². The second kappa shape index (κ2) is 5.66. The second-order valence-electron chi connectivity index (χ2n) is 4.69. The van der Waals surface area contributed by atoms with Crippen molar-refractivity contribution in [3.8, 4) is 0 Å². The fraction of sp³-hybridized carbons (Fsp3) is 0.583. The quantitative estimate of drug-likeness (QED) is 0.713. The Bertz CT molecular complexity index is 416. The molecule has 0 aliphatic heterocycles. The number of H-pyrrole nitrogens is 1. The molecule has 18 heavy (non-hydrogen) atoms. The largest absolute Gasteiger partial charge is 0.481 e. The maximum absolute atomic E-state index is 11.8. The van der Waals surface area contributed by atoms with Gasteiger partial charge in [-0.3, -0.25) is 14.7 Å². The highest BCUT2D eigenvalue weighted by Crippen LogP contribution is 2.30. The third-order valence-electron chi connectivity index (χ3n) is 3.42. The Hall–Kier alpha value is -1.85. The number of amides is 1. The summed E-state index contributed by atoms with van der Waals surface area (Å²) in [5.41, 5.74) is 1.05. The van der Waals surface area contributed by atoms with Crippen LogP contribution in [0.2, 0.25) is 0 Å². The van der Waals surface area contributed by atoms with E-state index in [1.165, 1.54) is 0 Å². The molecule has 0 bridgehead atoms. The van der Waals surface area contributed by atoms with Crippen molar-refractivity contribution in [3.63, 3.8) is 0 Å². The number of aliphatic carboxylic acids is 1. The van der Waals surface area contributed by atoms with E-state index < -0.39 is 5.97 Å². The first-order valence-electron chi connectivity index (χ1n) is 6.15. The molecule has 1 aromatic heterocycles. The zero-order valence-electron chi connectivity index (χ0n) is 10.1. The molecule has 6 nitrogen and oxygen atoms in total. The van der Waals surface area contributed by atoms with Gasteiger partial charge >= 0.3 is 5.97 Å². The molecule has 1 amide bonds. The highest BCUT2D eigenvalue weighted by atomic mass is 16.4. The normalized spacial score (nSPS) is 22.9. The Labute approximate surface area is 105 Å². The van der Waals surface area contributed by atoms with Crippen LogP contribution in [0.4, 0.5) is 0 Å². The highest BCUT2D eigenvalue weighted by molar-refractivity contribution is 5.80. The van der Waals surface area contributed by atoms with E-state index in [9.17, 15) is 9.59 Å². The van der Waals surface area contributed by atoms with Crippen molar-refractivity contribution in [3.05, 3.63) is 18.0 Å². The third kappa shape index (κ3) is 3.09. The van der Waals surface area contributed by atoms with Crippen molar-refractivity contribution in [2.24, 2.45) is 11.8 Å². The number of carboxylic acid groups (broad SMARTS) is 1. The van der Waals surface area contributed by atoms with Gasteiger partial charge < -0.3 is 10.4 Å². The molecule has 1 saturated carbocycles. The molecule has 0 aromatic carbocycles. The fourth-order valence-corrected chi connectivity index (χ4v) is 2.33. The van der Waals surface area contributed by atoms with Gasteiger partial charge in [-0.05, 0) is 31.2 Å². The Morgan fingerprint density at radius 2 is 2.22 bits per heavy atom. The molecule has 2 rings (SSSR count). The molecule has 1 aliphatic rings.